The van der Waals surface area contributed by atoms with Gasteiger partial charge in [0.05, 0.1) is 17.1 Å². The lowest BCUT2D eigenvalue weighted by atomic mass is 10.0. The molecule has 4 heterocycles. The molecule has 2 atom stereocenters. The maximum absolute atomic E-state index is 12.3. The van der Waals surface area contributed by atoms with E-state index in [0.29, 0.717) is 29.7 Å². The third-order valence-electron chi connectivity index (χ3n) is 6.59. The summed E-state index contributed by atoms with van der Waals surface area (Å²) in [7, 11) is 0. The highest BCUT2D eigenvalue weighted by molar-refractivity contribution is 7.80. The van der Waals surface area contributed by atoms with Crippen molar-refractivity contribution < 1.29 is 9.59 Å². The number of halogens is 2. The van der Waals surface area contributed by atoms with Gasteiger partial charge in [-0.15, -0.1) is 10.2 Å². The second-order valence-corrected chi connectivity index (χ2v) is 9.89. The van der Waals surface area contributed by atoms with Gasteiger partial charge in [0.15, 0.2) is 10.3 Å². The van der Waals surface area contributed by atoms with Gasteiger partial charge >= 0.3 is 0 Å². The zero-order valence-electron chi connectivity index (χ0n) is 17.9. The number of thiol groups is 1. The molecule has 1 N–H and O–H groups in total. The molecule has 2 amide bonds. The number of nitrogens with one attached hydrogen (secondary N) is 1. The maximum Gasteiger partial charge on any atom is 0.243 e. The van der Waals surface area contributed by atoms with E-state index >= 15 is 0 Å². The molecule has 2 fully saturated rings. The van der Waals surface area contributed by atoms with E-state index in [1.54, 1.807) is 6.07 Å². The molecule has 2 unspecified atom stereocenters. The largest absolute Gasteiger partial charge is 0.366 e. The minimum atomic E-state index is -0.322. The predicted molar refractivity (Wildman–Crippen MR) is 129 cm³/mol. The number of imide groups is 1. The molecule has 0 spiro atoms. The number of carbonyl (C=O) groups is 2. The number of nitrogens with zero attached hydrogens (tertiary/aromatic N) is 5. The molecule has 5 rings (SSSR count). The molecule has 0 bridgehead atoms. The Morgan fingerprint density at radius 2 is 1.88 bits per heavy atom. The number of hydrogen-bond donors (Lipinski definition) is 2. The van der Waals surface area contributed by atoms with Gasteiger partial charge in [-0.1, -0.05) is 41.4 Å². The van der Waals surface area contributed by atoms with Crippen molar-refractivity contribution in [3.05, 3.63) is 51.3 Å². The van der Waals surface area contributed by atoms with E-state index in [2.05, 4.69) is 48.4 Å². The number of rotatable bonds is 4. The molecule has 11 heteroatoms. The molecule has 1 aromatic heterocycles. The van der Waals surface area contributed by atoms with Crippen LogP contribution in [0.4, 0.5) is 5.69 Å². The third kappa shape index (κ3) is 4.70. The Kier molecular flexibility index (Phi) is 6.50. The van der Waals surface area contributed by atoms with Crippen LogP contribution in [0, 0.1) is 0 Å². The fourth-order valence-corrected chi connectivity index (χ4v) is 5.68. The van der Waals surface area contributed by atoms with Gasteiger partial charge in [-0.05, 0) is 23.1 Å². The average molecular weight is 507 g/mol. The highest BCUT2D eigenvalue weighted by Crippen LogP contribution is 2.39. The summed E-state index contributed by atoms with van der Waals surface area (Å²) in [6.45, 7) is 4.93. The fraction of sp³-hybridized carbons (Fsp3) is 0.455. The Balaban J connectivity index is 1.22. The van der Waals surface area contributed by atoms with Crippen LogP contribution in [-0.4, -0.2) is 64.0 Å². The van der Waals surface area contributed by atoms with E-state index in [-0.39, 0.29) is 23.2 Å². The second kappa shape index (κ2) is 9.38. The summed E-state index contributed by atoms with van der Waals surface area (Å²) in [5.41, 5.74) is 4.37. The molecule has 3 aliphatic heterocycles. The molecule has 1 aromatic carbocycles. The normalized spacial score (nSPS) is 24.2. The Hall–Kier alpha value is -1.91. The second-order valence-electron chi connectivity index (χ2n) is 8.65. The summed E-state index contributed by atoms with van der Waals surface area (Å²) < 4.78 is 0. The molecule has 8 nitrogen and oxygen atoms in total. The summed E-state index contributed by atoms with van der Waals surface area (Å²) in [5.74, 6) is -0.418. The lowest BCUT2D eigenvalue weighted by Crippen LogP contribution is -2.51. The summed E-state index contributed by atoms with van der Waals surface area (Å²) in [6, 6.07) is 7.93. The van der Waals surface area contributed by atoms with Crippen molar-refractivity contribution >= 4 is 53.3 Å². The number of piperidine rings is 1. The van der Waals surface area contributed by atoms with Crippen molar-refractivity contribution in [1.82, 2.24) is 25.3 Å². The number of amides is 2. The van der Waals surface area contributed by atoms with Crippen molar-refractivity contribution in [1.29, 1.82) is 0 Å². The number of carbonyl (C=O) groups excluding carboxylic acids is 2. The van der Waals surface area contributed by atoms with E-state index in [0.717, 1.165) is 44.0 Å². The molecule has 0 radical (unpaired) electrons. The van der Waals surface area contributed by atoms with E-state index < -0.39 is 0 Å². The lowest BCUT2D eigenvalue weighted by Gasteiger charge is -2.36. The van der Waals surface area contributed by atoms with Gasteiger partial charge < -0.3 is 4.90 Å². The molecule has 3 aliphatic rings. The van der Waals surface area contributed by atoms with Crippen LogP contribution in [0.15, 0.2) is 24.3 Å². The van der Waals surface area contributed by atoms with Gasteiger partial charge in [0.25, 0.3) is 0 Å². The van der Waals surface area contributed by atoms with Crippen molar-refractivity contribution in [3.8, 4) is 0 Å². The number of anilines is 1. The highest BCUT2D eigenvalue weighted by atomic mass is 35.5. The van der Waals surface area contributed by atoms with Crippen molar-refractivity contribution in [2.45, 2.75) is 37.3 Å². The van der Waals surface area contributed by atoms with E-state index in [1.807, 2.05) is 0 Å². The van der Waals surface area contributed by atoms with Crippen LogP contribution in [-0.2, 0) is 22.7 Å². The Morgan fingerprint density at radius 3 is 2.64 bits per heavy atom. The van der Waals surface area contributed by atoms with Crippen LogP contribution >= 0.6 is 35.8 Å². The number of aromatic nitrogens is 2. The van der Waals surface area contributed by atoms with Gasteiger partial charge in [0, 0.05) is 51.8 Å². The summed E-state index contributed by atoms with van der Waals surface area (Å²) in [5, 5.41) is 10.7. The SMILES string of the molecule is O=C1CCC(N2Cc3ccc(CN4CCN(c5cc(Cl)nnc5Cl)CC4)cc3C2S)C(=O)N1. The number of piperazine rings is 1. The van der Waals surface area contributed by atoms with E-state index in [4.69, 9.17) is 35.8 Å². The quantitative estimate of drug-likeness (QED) is 0.487. The van der Waals surface area contributed by atoms with Crippen LogP contribution in [0.3, 0.4) is 0 Å². The standard InChI is InChI=1S/C22H24Cl2N6O2S/c23-18-10-17(20(24)27-26-18)29-7-5-28(6-8-29)11-13-1-2-14-12-30(22(33)15(14)9-13)16-3-4-19(31)25-21(16)32/h1-2,9-10,16,22,33H,3-8,11-12H2,(H,25,31,32). The van der Waals surface area contributed by atoms with Gasteiger partial charge in [-0.25, -0.2) is 0 Å². The number of hydrogen-bond acceptors (Lipinski definition) is 8. The van der Waals surface area contributed by atoms with Crippen LogP contribution in [0.25, 0.3) is 0 Å². The van der Waals surface area contributed by atoms with E-state index in [9.17, 15) is 9.59 Å². The molecule has 33 heavy (non-hydrogen) atoms. The summed E-state index contributed by atoms with van der Waals surface area (Å²) in [4.78, 5) is 30.5. The minimum Gasteiger partial charge on any atom is -0.366 e. The predicted octanol–water partition coefficient (Wildman–Crippen LogP) is 2.65. The van der Waals surface area contributed by atoms with Gasteiger partial charge in [-0.3, -0.25) is 24.7 Å². The van der Waals surface area contributed by atoms with Crippen LogP contribution in [0.2, 0.25) is 10.3 Å². The van der Waals surface area contributed by atoms with Gasteiger partial charge in [0.1, 0.15) is 0 Å². The first kappa shape index (κ1) is 22.9. The lowest BCUT2D eigenvalue weighted by molar-refractivity contribution is -0.137. The van der Waals surface area contributed by atoms with Crippen LogP contribution in [0.5, 0.6) is 0 Å². The van der Waals surface area contributed by atoms with Crippen molar-refractivity contribution in [2.24, 2.45) is 0 Å². The maximum atomic E-state index is 12.3. The van der Waals surface area contributed by atoms with Crippen molar-refractivity contribution in [3.63, 3.8) is 0 Å². The Morgan fingerprint density at radius 1 is 1.09 bits per heavy atom. The smallest absolute Gasteiger partial charge is 0.243 e. The zero-order chi connectivity index (χ0) is 23.1. The third-order valence-corrected chi connectivity index (χ3v) is 7.61. The van der Waals surface area contributed by atoms with Crippen molar-refractivity contribution in [2.75, 3.05) is 31.1 Å². The first-order valence-electron chi connectivity index (χ1n) is 10.9. The minimum absolute atomic E-state index is 0.160. The molecule has 174 valence electrons. The number of fused-ring (bicyclic) bond motifs is 1. The summed E-state index contributed by atoms with van der Waals surface area (Å²) in [6.07, 6.45) is 0.906. The highest BCUT2D eigenvalue weighted by Gasteiger charge is 2.39. The molecular formula is C22H24Cl2N6O2S. The van der Waals surface area contributed by atoms with Crippen LogP contribution < -0.4 is 10.2 Å². The Bertz CT molecular complexity index is 1090. The molecule has 2 saturated heterocycles. The first-order valence-corrected chi connectivity index (χ1v) is 12.2. The monoisotopic (exact) mass is 506 g/mol. The Labute approximate surface area is 207 Å². The zero-order valence-corrected chi connectivity index (χ0v) is 20.3. The number of benzene rings is 1. The molecule has 2 aromatic rings. The topological polar surface area (TPSA) is 81.7 Å². The molecular weight excluding hydrogens is 483 g/mol. The van der Waals surface area contributed by atoms with E-state index in [1.165, 1.54) is 11.1 Å². The van der Waals surface area contributed by atoms with Gasteiger partial charge in [0.2, 0.25) is 11.8 Å². The average Bonchev–Trinajstić information content (AvgIpc) is 3.12. The van der Waals surface area contributed by atoms with Gasteiger partial charge in [-0.2, -0.15) is 12.6 Å². The molecule has 0 aliphatic carbocycles. The molecule has 0 saturated carbocycles. The fourth-order valence-electron chi connectivity index (χ4n) is 4.84. The van der Waals surface area contributed by atoms with Crippen LogP contribution in [0.1, 0.15) is 34.9 Å². The summed E-state index contributed by atoms with van der Waals surface area (Å²) >= 11 is 17.0. The first-order chi connectivity index (χ1) is 15.9.